The van der Waals surface area contributed by atoms with E-state index in [4.69, 9.17) is 5.73 Å². The van der Waals surface area contributed by atoms with Crippen LogP contribution < -0.4 is 10.6 Å². The summed E-state index contributed by atoms with van der Waals surface area (Å²) in [6.45, 7) is 6.14. The van der Waals surface area contributed by atoms with Gasteiger partial charge in [-0.3, -0.25) is 0 Å². The molecule has 3 nitrogen and oxygen atoms in total. The van der Waals surface area contributed by atoms with Gasteiger partial charge in [0.15, 0.2) is 0 Å². The normalized spacial score (nSPS) is 10.8. The van der Waals surface area contributed by atoms with Crippen LogP contribution in [0.4, 0.5) is 11.5 Å². The van der Waals surface area contributed by atoms with Crippen molar-refractivity contribution in [2.75, 3.05) is 23.7 Å². The number of nitrogens with zero attached hydrogens (tertiary/aromatic N) is 2. The van der Waals surface area contributed by atoms with E-state index in [9.17, 15) is 0 Å². The Morgan fingerprint density at radius 2 is 2.00 bits per heavy atom. The number of rotatable bonds is 3. The minimum atomic E-state index is 0.783. The summed E-state index contributed by atoms with van der Waals surface area (Å²) in [5.41, 5.74) is 6.82. The van der Waals surface area contributed by atoms with Gasteiger partial charge >= 0.3 is 0 Å². The van der Waals surface area contributed by atoms with Crippen molar-refractivity contribution in [1.29, 1.82) is 0 Å². The third kappa shape index (κ3) is 2.09. The number of benzene rings is 1. The Hall–Kier alpha value is -1.29. The summed E-state index contributed by atoms with van der Waals surface area (Å²) in [7, 11) is 0. The third-order valence-electron chi connectivity index (χ3n) is 2.94. The molecule has 17 heavy (non-hydrogen) atoms. The highest BCUT2D eigenvalue weighted by Crippen LogP contribution is 2.33. The first-order valence-corrected chi connectivity index (χ1v) is 6.56. The summed E-state index contributed by atoms with van der Waals surface area (Å²) < 4.78 is 0.946. The fourth-order valence-electron chi connectivity index (χ4n) is 2.05. The number of hydrogen-bond donors (Lipinski definition) is 1. The van der Waals surface area contributed by atoms with Crippen LogP contribution in [0.5, 0.6) is 0 Å². The Balaban J connectivity index is 2.74. The average Bonchev–Trinajstić information content (AvgIpc) is 2.33. The predicted octanol–water partition coefficient (Wildman–Crippen LogP) is 3.43. The van der Waals surface area contributed by atoms with Crippen LogP contribution in [0.2, 0.25) is 0 Å². The maximum Gasteiger partial charge on any atom is 0.136 e. The Kier molecular flexibility index (Phi) is 3.52. The Morgan fingerprint density at radius 1 is 1.29 bits per heavy atom. The SMILES string of the molecule is CCN(CC)c1ncc(Br)c2c(N)cccc12. The van der Waals surface area contributed by atoms with E-state index in [0.717, 1.165) is 39.8 Å². The number of nitrogen functional groups attached to an aromatic ring is 1. The van der Waals surface area contributed by atoms with E-state index in [1.165, 1.54) is 0 Å². The van der Waals surface area contributed by atoms with Crippen LogP contribution in [-0.4, -0.2) is 18.1 Å². The summed E-state index contributed by atoms with van der Waals surface area (Å²) in [6, 6.07) is 5.95. The standard InChI is InChI=1S/C13H16BrN3/c1-3-17(4-2)13-9-6-5-7-11(15)12(9)10(14)8-16-13/h5-8H,3-4,15H2,1-2H3. The van der Waals surface area contributed by atoms with E-state index >= 15 is 0 Å². The van der Waals surface area contributed by atoms with Gasteiger partial charge in [-0.15, -0.1) is 0 Å². The molecule has 0 saturated heterocycles. The van der Waals surface area contributed by atoms with Crippen molar-refractivity contribution in [2.24, 2.45) is 0 Å². The van der Waals surface area contributed by atoms with Gasteiger partial charge in [-0.05, 0) is 35.8 Å². The molecular weight excluding hydrogens is 278 g/mol. The number of pyridine rings is 1. The molecule has 0 aliphatic rings. The molecule has 90 valence electrons. The van der Waals surface area contributed by atoms with Crippen molar-refractivity contribution < 1.29 is 0 Å². The molecular formula is C13H16BrN3. The monoisotopic (exact) mass is 293 g/mol. The predicted molar refractivity (Wildman–Crippen MR) is 77.4 cm³/mol. The van der Waals surface area contributed by atoms with E-state index in [-0.39, 0.29) is 0 Å². The number of halogens is 1. The van der Waals surface area contributed by atoms with Gasteiger partial charge in [0.25, 0.3) is 0 Å². The maximum atomic E-state index is 6.03. The highest BCUT2D eigenvalue weighted by Gasteiger charge is 2.12. The number of hydrogen-bond acceptors (Lipinski definition) is 3. The van der Waals surface area contributed by atoms with Crippen molar-refractivity contribution >= 4 is 38.2 Å². The topological polar surface area (TPSA) is 42.2 Å². The second-order valence-corrected chi connectivity index (χ2v) is 4.73. The van der Waals surface area contributed by atoms with Gasteiger partial charge in [0.2, 0.25) is 0 Å². The summed E-state index contributed by atoms with van der Waals surface area (Å²) in [5, 5.41) is 2.15. The van der Waals surface area contributed by atoms with Gasteiger partial charge in [0.05, 0.1) is 0 Å². The van der Waals surface area contributed by atoms with Gasteiger partial charge in [-0.1, -0.05) is 12.1 Å². The smallest absolute Gasteiger partial charge is 0.136 e. The quantitative estimate of drug-likeness (QED) is 0.882. The van der Waals surface area contributed by atoms with Crippen LogP contribution >= 0.6 is 15.9 Å². The van der Waals surface area contributed by atoms with E-state index in [1.54, 1.807) is 0 Å². The summed E-state index contributed by atoms with van der Waals surface area (Å²) >= 11 is 3.51. The molecule has 1 aromatic heterocycles. The van der Waals surface area contributed by atoms with Crippen molar-refractivity contribution in [1.82, 2.24) is 4.98 Å². The van der Waals surface area contributed by atoms with E-state index < -0.39 is 0 Å². The first-order valence-electron chi connectivity index (χ1n) is 5.76. The minimum absolute atomic E-state index is 0.783. The molecule has 0 radical (unpaired) electrons. The molecule has 2 rings (SSSR count). The molecule has 1 heterocycles. The fraction of sp³-hybridized carbons (Fsp3) is 0.308. The van der Waals surface area contributed by atoms with Crippen molar-refractivity contribution in [3.05, 3.63) is 28.9 Å². The first kappa shape index (κ1) is 12.2. The van der Waals surface area contributed by atoms with Gasteiger partial charge < -0.3 is 10.6 Å². The molecule has 0 spiro atoms. The third-order valence-corrected chi connectivity index (χ3v) is 3.54. The van der Waals surface area contributed by atoms with E-state index in [0.29, 0.717) is 0 Å². The Bertz CT molecular complexity index is 527. The van der Waals surface area contributed by atoms with Crippen LogP contribution in [0.15, 0.2) is 28.9 Å². The summed E-state index contributed by atoms with van der Waals surface area (Å²) in [5.74, 6) is 1.00. The molecule has 4 heteroatoms. The van der Waals surface area contributed by atoms with Crippen molar-refractivity contribution in [3.8, 4) is 0 Å². The first-order chi connectivity index (χ1) is 8.19. The molecule has 0 fully saturated rings. The molecule has 2 aromatic rings. The fourth-order valence-corrected chi connectivity index (χ4v) is 2.59. The Labute approximate surface area is 110 Å². The van der Waals surface area contributed by atoms with E-state index in [2.05, 4.69) is 45.7 Å². The summed E-state index contributed by atoms with van der Waals surface area (Å²) in [6.07, 6.45) is 1.83. The van der Waals surface area contributed by atoms with Gasteiger partial charge in [0.1, 0.15) is 5.82 Å². The zero-order valence-electron chi connectivity index (χ0n) is 10.1. The molecule has 1 aromatic carbocycles. The van der Waals surface area contributed by atoms with Crippen LogP contribution in [-0.2, 0) is 0 Å². The highest BCUT2D eigenvalue weighted by molar-refractivity contribution is 9.10. The molecule has 0 aliphatic heterocycles. The zero-order valence-corrected chi connectivity index (χ0v) is 11.7. The lowest BCUT2D eigenvalue weighted by Crippen LogP contribution is -2.23. The maximum absolute atomic E-state index is 6.03. The van der Waals surface area contributed by atoms with Crippen LogP contribution in [0.25, 0.3) is 10.8 Å². The highest BCUT2D eigenvalue weighted by atomic mass is 79.9. The number of aromatic nitrogens is 1. The number of nitrogens with two attached hydrogens (primary N) is 1. The van der Waals surface area contributed by atoms with Crippen LogP contribution in [0.1, 0.15) is 13.8 Å². The lowest BCUT2D eigenvalue weighted by atomic mass is 10.1. The molecule has 0 unspecified atom stereocenters. The van der Waals surface area contributed by atoms with Crippen molar-refractivity contribution in [3.63, 3.8) is 0 Å². The largest absolute Gasteiger partial charge is 0.398 e. The van der Waals surface area contributed by atoms with Gasteiger partial charge in [0, 0.05) is 40.2 Å². The molecule has 2 N–H and O–H groups in total. The van der Waals surface area contributed by atoms with Crippen LogP contribution in [0, 0.1) is 0 Å². The lowest BCUT2D eigenvalue weighted by molar-refractivity contribution is 0.851. The number of fused-ring (bicyclic) bond motifs is 1. The summed E-state index contributed by atoms with van der Waals surface area (Å²) in [4.78, 5) is 6.74. The van der Waals surface area contributed by atoms with Crippen molar-refractivity contribution in [2.45, 2.75) is 13.8 Å². The minimum Gasteiger partial charge on any atom is -0.398 e. The molecule has 0 aliphatic carbocycles. The molecule has 0 bridgehead atoms. The second kappa shape index (κ2) is 4.92. The molecule has 0 saturated carbocycles. The lowest BCUT2D eigenvalue weighted by Gasteiger charge is -2.22. The second-order valence-electron chi connectivity index (χ2n) is 3.87. The number of anilines is 2. The average molecular weight is 294 g/mol. The van der Waals surface area contributed by atoms with Crippen LogP contribution in [0.3, 0.4) is 0 Å². The molecule has 0 amide bonds. The van der Waals surface area contributed by atoms with E-state index in [1.807, 2.05) is 18.3 Å². The molecule has 0 atom stereocenters. The van der Waals surface area contributed by atoms with Gasteiger partial charge in [-0.25, -0.2) is 4.98 Å². The van der Waals surface area contributed by atoms with Gasteiger partial charge in [-0.2, -0.15) is 0 Å². The zero-order chi connectivity index (χ0) is 12.4. The Morgan fingerprint density at radius 3 is 2.65 bits per heavy atom.